The third-order valence-corrected chi connectivity index (χ3v) is 7.72. The van der Waals surface area contributed by atoms with Crippen molar-refractivity contribution in [1.82, 2.24) is 9.78 Å². The maximum atomic E-state index is 13.1. The van der Waals surface area contributed by atoms with Crippen LogP contribution in [0, 0.1) is 19.8 Å². The van der Waals surface area contributed by atoms with E-state index in [1.165, 1.54) is 77.0 Å². The zero-order chi connectivity index (χ0) is 34.7. The Morgan fingerprint density at radius 1 is 0.778 bits per heavy atom. The van der Waals surface area contributed by atoms with Crippen molar-refractivity contribution in [3.05, 3.63) is 41.2 Å². The molecular formula is C39H72F2N2O2. The summed E-state index contributed by atoms with van der Waals surface area (Å²) < 4.78 is 32.6. The number of halogens is 2. The lowest BCUT2D eigenvalue weighted by atomic mass is 10.0. The Morgan fingerprint density at radius 3 is 1.78 bits per heavy atom. The first kappa shape index (κ1) is 45.2. The van der Waals surface area contributed by atoms with Crippen LogP contribution in [0.5, 0.6) is 5.75 Å². The fourth-order valence-electron chi connectivity index (χ4n) is 4.28. The van der Waals surface area contributed by atoms with Crippen molar-refractivity contribution in [2.45, 2.75) is 191 Å². The van der Waals surface area contributed by atoms with Gasteiger partial charge in [0.1, 0.15) is 5.75 Å². The summed E-state index contributed by atoms with van der Waals surface area (Å²) in [6, 6.07) is 6.99. The summed E-state index contributed by atoms with van der Waals surface area (Å²) in [5, 5.41) is 13.6. The summed E-state index contributed by atoms with van der Waals surface area (Å²) in [6.07, 6.45) is 15.6. The van der Waals surface area contributed by atoms with Crippen molar-refractivity contribution in [3.8, 4) is 11.4 Å². The molecule has 2 heterocycles. The first-order chi connectivity index (χ1) is 21.4. The number of ether oxygens (including phenoxy) is 1. The fraction of sp³-hybridized carbons (Fsp3) is 0.769. The summed E-state index contributed by atoms with van der Waals surface area (Å²) in [4.78, 5) is 0. The van der Waals surface area contributed by atoms with Crippen molar-refractivity contribution < 1.29 is 18.6 Å². The van der Waals surface area contributed by atoms with Gasteiger partial charge in [-0.3, -0.25) is 0 Å². The van der Waals surface area contributed by atoms with Gasteiger partial charge in [0.2, 0.25) is 0 Å². The van der Waals surface area contributed by atoms with Gasteiger partial charge in [-0.1, -0.05) is 152 Å². The van der Waals surface area contributed by atoms with E-state index in [4.69, 9.17) is 0 Å². The minimum absolute atomic E-state index is 0.0310. The minimum Gasteiger partial charge on any atom is -0.432 e. The van der Waals surface area contributed by atoms with Crippen LogP contribution in [-0.4, -0.2) is 27.1 Å². The zero-order valence-corrected chi connectivity index (χ0v) is 31.3. The number of nitrogens with zero attached hydrogens (tertiary/aromatic N) is 2. The number of hydrogen-bond acceptors (Lipinski definition) is 3. The molecule has 2 unspecified atom stereocenters. The maximum Gasteiger partial charge on any atom is 0.402 e. The summed E-state index contributed by atoms with van der Waals surface area (Å²) in [5.74, 6) is 1.20. The van der Waals surface area contributed by atoms with Gasteiger partial charge in [-0.05, 0) is 44.7 Å². The maximum absolute atomic E-state index is 13.1. The van der Waals surface area contributed by atoms with E-state index < -0.39 is 6.11 Å². The van der Waals surface area contributed by atoms with Crippen molar-refractivity contribution >= 4 is 0 Å². The van der Waals surface area contributed by atoms with E-state index in [9.17, 15) is 13.9 Å². The number of benzene rings is 1. The molecule has 1 aromatic heterocycles. The summed E-state index contributed by atoms with van der Waals surface area (Å²) in [5.41, 5.74) is 3.11. The number of aromatic nitrogens is 2. The second-order valence-electron chi connectivity index (χ2n) is 12.5. The largest absolute Gasteiger partial charge is 0.432 e. The molecule has 0 amide bonds. The predicted octanol–water partition coefficient (Wildman–Crippen LogP) is 13.0. The Bertz CT molecular complexity index is 937. The highest BCUT2D eigenvalue weighted by atomic mass is 19.3. The quantitative estimate of drug-likeness (QED) is 0.209. The van der Waals surface area contributed by atoms with Gasteiger partial charge in [0.05, 0.1) is 23.9 Å². The van der Waals surface area contributed by atoms with E-state index in [-0.39, 0.29) is 18.3 Å². The van der Waals surface area contributed by atoms with Crippen LogP contribution in [-0.2, 0) is 6.42 Å². The van der Waals surface area contributed by atoms with Crippen molar-refractivity contribution in [2.24, 2.45) is 5.92 Å². The van der Waals surface area contributed by atoms with Crippen LogP contribution in [0.2, 0.25) is 0 Å². The Morgan fingerprint density at radius 2 is 1.33 bits per heavy atom. The van der Waals surface area contributed by atoms with Crippen LogP contribution in [0.4, 0.5) is 8.78 Å². The van der Waals surface area contributed by atoms with Crippen molar-refractivity contribution in [3.63, 3.8) is 0 Å². The molecule has 0 saturated carbocycles. The van der Waals surface area contributed by atoms with E-state index >= 15 is 0 Å². The monoisotopic (exact) mass is 639 g/mol. The molecule has 0 spiro atoms. The SMILES string of the molecule is CCCC.CCCC.CCCCCC(C)CC.CCCCCC(O)CCC.Cc1cc(C)n(-c2ccc3c(c2)OC(F)(F)C3)n1. The Balaban J connectivity index is 0. The van der Waals surface area contributed by atoms with E-state index in [1.54, 1.807) is 22.9 Å². The normalized spacial score (nSPS) is 13.6. The first-order valence-corrected chi connectivity index (χ1v) is 18.3. The molecule has 1 N–H and O–H groups in total. The van der Waals surface area contributed by atoms with E-state index in [0.717, 1.165) is 42.3 Å². The third kappa shape index (κ3) is 23.1. The van der Waals surface area contributed by atoms with Gasteiger partial charge in [-0.2, -0.15) is 13.9 Å². The number of fused-ring (bicyclic) bond motifs is 1. The lowest BCUT2D eigenvalue weighted by molar-refractivity contribution is -0.159. The van der Waals surface area contributed by atoms with Crippen LogP contribution in [0.1, 0.15) is 176 Å². The molecule has 0 saturated heterocycles. The topological polar surface area (TPSA) is 47.3 Å². The molecule has 2 atom stereocenters. The molecule has 45 heavy (non-hydrogen) atoms. The van der Waals surface area contributed by atoms with E-state index in [1.807, 2.05) is 19.9 Å². The third-order valence-electron chi connectivity index (χ3n) is 7.72. The number of aryl methyl sites for hydroxylation is 2. The van der Waals surface area contributed by atoms with Crippen molar-refractivity contribution in [2.75, 3.05) is 0 Å². The molecule has 0 bridgehead atoms. The molecule has 2 aromatic rings. The number of hydrogen-bond donors (Lipinski definition) is 1. The molecule has 1 aromatic carbocycles. The highest BCUT2D eigenvalue weighted by molar-refractivity contribution is 5.47. The number of alkyl halides is 2. The highest BCUT2D eigenvalue weighted by Crippen LogP contribution is 2.38. The Hall–Kier alpha value is -1.95. The lowest BCUT2D eigenvalue weighted by Crippen LogP contribution is -2.20. The summed E-state index contributed by atoms with van der Waals surface area (Å²) >= 11 is 0. The second-order valence-corrected chi connectivity index (χ2v) is 12.5. The first-order valence-electron chi connectivity index (χ1n) is 18.3. The average Bonchev–Trinajstić information content (AvgIpc) is 3.53. The van der Waals surface area contributed by atoms with Crippen LogP contribution in [0.3, 0.4) is 0 Å². The molecule has 1 aliphatic rings. The zero-order valence-electron chi connectivity index (χ0n) is 31.3. The number of rotatable bonds is 14. The molecule has 0 fully saturated rings. The van der Waals surface area contributed by atoms with Gasteiger partial charge >= 0.3 is 6.11 Å². The van der Waals surface area contributed by atoms with Gasteiger partial charge in [0.25, 0.3) is 0 Å². The second kappa shape index (κ2) is 28.3. The smallest absolute Gasteiger partial charge is 0.402 e. The van der Waals surface area contributed by atoms with E-state index in [2.05, 4.69) is 72.1 Å². The van der Waals surface area contributed by atoms with Gasteiger partial charge in [0.15, 0.2) is 0 Å². The lowest BCUT2D eigenvalue weighted by Gasteiger charge is -2.08. The molecule has 0 radical (unpaired) electrons. The molecule has 0 aliphatic carbocycles. The van der Waals surface area contributed by atoms with Crippen LogP contribution in [0.15, 0.2) is 24.3 Å². The number of aliphatic hydroxyl groups excluding tert-OH is 1. The standard InChI is InChI=1S/C13H12F2N2O.C9H20O.C9H20.2C4H10/c1-8-5-9(2)17(16-8)11-4-3-10-7-13(14,15)18-12(10)6-11;1-3-5-6-8-9(10)7-4-2;1-4-6-7-8-9(3)5-2;2*1-3-4-2/h3-6H,7H2,1-2H3;9-10H,3-8H2,1-2H3;9H,4-8H2,1-3H3;2*3-4H2,1-2H3. The summed E-state index contributed by atoms with van der Waals surface area (Å²) in [7, 11) is 0. The van der Waals surface area contributed by atoms with Gasteiger partial charge in [0, 0.05) is 17.3 Å². The predicted molar refractivity (Wildman–Crippen MR) is 192 cm³/mol. The molecule has 264 valence electrons. The fourth-order valence-corrected chi connectivity index (χ4v) is 4.28. The molecule has 1 aliphatic heterocycles. The Kier molecular flexibility index (Phi) is 28.4. The van der Waals surface area contributed by atoms with Crippen LogP contribution in [0.25, 0.3) is 5.69 Å². The molecular weight excluding hydrogens is 566 g/mol. The van der Waals surface area contributed by atoms with Crippen LogP contribution >= 0.6 is 0 Å². The van der Waals surface area contributed by atoms with Gasteiger partial charge in [-0.25, -0.2) is 4.68 Å². The van der Waals surface area contributed by atoms with Gasteiger partial charge < -0.3 is 9.84 Å². The van der Waals surface area contributed by atoms with Crippen molar-refractivity contribution in [1.29, 1.82) is 0 Å². The van der Waals surface area contributed by atoms with Crippen LogP contribution < -0.4 is 4.74 Å². The molecule has 3 rings (SSSR count). The van der Waals surface area contributed by atoms with Gasteiger partial charge in [-0.15, -0.1) is 0 Å². The summed E-state index contributed by atoms with van der Waals surface area (Å²) in [6.45, 7) is 23.7. The highest BCUT2D eigenvalue weighted by Gasteiger charge is 2.39. The number of unbranched alkanes of at least 4 members (excludes halogenated alkanes) is 6. The molecule has 6 heteroatoms. The van der Waals surface area contributed by atoms with E-state index in [0.29, 0.717) is 5.56 Å². The minimum atomic E-state index is -3.09. The Labute approximate surface area is 277 Å². The molecule has 4 nitrogen and oxygen atoms in total. The average molecular weight is 639 g/mol. The number of aliphatic hydroxyl groups is 1.